The molecule has 0 saturated heterocycles. The Morgan fingerprint density at radius 2 is 1.17 bits per heavy atom. The Morgan fingerprint density at radius 1 is 1.00 bits per heavy atom. The molecule has 0 saturated carbocycles. The molecule has 0 aliphatic heterocycles. The summed E-state index contributed by atoms with van der Waals surface area (Å²) in [5.41, 5.74) is 0. The third kappa shape index (κ3) is 3.53. The van der Waals surface area contributed by atoms with Gasteiger partial charge in [-0.3, -0.25) is 9.13 Å². The standard InChI is InChI=1S/C2H8O7P2.Ba.2H/c1-2(3,10(4,5)6)11(7,8)9;;;/h3H,1H3,(H2,4,5,6)(H2,7,8,9);;;. The Hall–Kier alpha value is 1.83. The molecule has 0 atom stereocenters. The number of hydrogen-bond donors (Lipinski definition) is 5. The van der Waals surface area contributed by atoms with Crippen molar-refractivity contribution >= 4 is 64.1 Å². The summed E-state index contributed by atoms with van der Waals surface area (Å²) < 4.78 is 20.5. The zero-order valence-corrected chi connectivity index (χ0v) is 7.24. The molecule has 10 heteroatoms. The summed E-state index contributed by atoms with van der Waals surface area (Å²) in [5, 5.41) is 5.37. The Bertz CT molecular complexity index is 212. The van der Waals surface area contributed by atoms with Gasteiger partial charge in [0, 0.05) is 0 Å². The van der Waals surface area contributed by atoms with Crippen LogP contribution in [0.4, 0.5) is 0 Å². The number of rotatable bonds is 2. The summed E-state index contributed by atoms with van der Waals surface area (Å²) in [6.45, 7) is 0.383. The van der Waals surface area contributed by atoms with E-state index >= 15 is 0 Å². The molecule has 5 N–H and O–H groups in total. The maximum absolute atomic E-state index is 10.3. The van der Waals surface area contributed by atoms with Crippen LogP contribution in [0, 0.1) is 0 Å². The average molecular weight is 345 g/mol. The third-order valence-electron chi connectivity index (χ3n) is 1.10. The predicted octanol–water partition coefficient (Wildman–Crippen LogP) is -1.91. The zero-order valence-electron chi connectivity index (χ0n) is 5.45. The van der Waals surface area contributed by atoms with Gasteiger partial charge in [-0.15, -0.1) is 0 Å². The van der Waals surface area contributed by atoms with Crippen molar-refractivity contribution in [3.05, 3.63) is 0 Å². The maximum atomic E-state index is 10.3. The van der Waals surface area contributed by atoms with Gasteiger partial charge in [0.15, 0.2) is 0 Å². The van der Waals surface area contributed by atoms with Crippen LogP contribution in [0.15, 0.2) is 0 Å². The second kappa shape index (κ2) is 4.57. The van der Waals surface area contributed by atoms with E-state index in [-0.39, 0.29) is 48.9 Å². The first kappa shape index (κ1) is 16.3. The summed E-state index contributed by atoms with van der Waals surface area (Å²) in [6, 6.07) is 0. The molecule has 7 nitrogen and oxygen atoms in total. The van der Waals surface area contributed by atoms with Gasteiger partial charge < -0.3 is 24.7 Å². The van der Waals surface area contributed by atoms with Gasteiger partial charge >= 0.3 is 64.1 Å². The monoisotopic (exact) mass is 346 g/mol. The molecule has 0 aromatic heterocycles. The van der Waals surface area contributed by atoms with E-state index in [0.717, 1.165) is 0 Å². The number of aliphatic hydroxyl groups is 1. The van der Waals surface area contributed by atoms with Gasteiger partial charge in [-0.05, 0) is 6.92 Å². The fourth-order valence-corrected chi connectivity index (χ4v) is 1.53. The van der Waals surface area contributed by atoms with Crippen LogP contribution in [0.3, 0.4) is 0 Å². The van der Waals surface area contributed by atoms with Crippen LogP contribution in [-0.2, 0) is 9.13 Å². The van der Waals surface area contributed by atoms with Gasteiger partial charge in [0.1, 0.15) is 0 Å². The van der Waals surface area contributed by atoms with E-state index in [4.69, 9.17) is 24.7 Å². The average Bonchev–Trinajstić information content (AvgIpc) is 1.58. The minimum atomic E-state index is -5.20. The molecule has 0 rings (SSSR count). The molecule has 12 heavy (non-hydrogen) atoms. The van der Waals surface area contributed by atoms with Gasteiger partial charge in [0.2, 0.25) is 0 Å². The third-order valence-corrected chi connectivity index (χ3v) is 4.87. The van der Waals surface area contributed by atoms with E-state index in [2.05, 4.69) is 0 Å². The Labute approximate surface area is 109 Å². The fraction of sp³-hybridized carbons (Fsp3) is 1.00. The first-order valence-electron chi connectivity index (χ1n) is 2.34. The van der Waals surface area contributed by atoms with Gasteiger partial charge in [-0.1, -0.05) is 0 Å². The predicted molar refractivity (Wildman–Crippen MR) is 43.3 cm³/mol. The topological polar surface area (TPSA) is 135 Å². The zero-order chi connectivity index (χ0) is 9.50. The van der Waals surface area contributed by atoms with Crippen LogP contribution < -0.4 is 0 Å². The Balaban J connectivity index is 0. The van der Waals surface area contributed by atoms with Crippen molar-refractivity contribution in [3.8, 4) is 0 Å². The van der Waals surface area contributed by atoms with Crippen LogP contribution in [0.1, 0.15) is 6.92 Å². The summed E-state index contributed by atoms with van der Waals surface area (Å²) in [4.78, 5) is 33.0. The van der Waals surface area contributed by atoms with Crippen molar-refractivity contribution in [1.29, 1.82) is 0 Å². The molecular formula is C2H10BaO7P2. The molecule has 72 valence electrons. The van der Waals surface area contributed by atoms with E-state index in [1.807, 2.05) is 0 Å². The van der Waals surface area contributed by atoms with Crippen LogP contribution in [-0.4, -0.2) is 78.6 Å². The first-order valence-corrected chi connectivity index (χ1v) is 5.56. The van der Waals surface area contributed by atoms with Crippen LogP contribution in [0.25, 0.3) is 0 Å². The summed E-state index contributed by atoms with van der Waals surface area (Å²) in [5.74, 6) is 0. The quantitative estimate of drug-likeness (QED) is 0.291. The normalized spacial score (nSPS) is 13.8. The van der Waals surface area contributed by atoms with Crippen molar-refractivity contribution in [1.82, 2.24) is 0 Å². The molecule has 0 heterocycles. The molecule has 0 aromatic rings. The van der Waals surface area contributed by atoms with Crippen molar-refractivity contribution in [2.45, 2.75) is 12.0 Å². The molecule has 0 spiro atoms. The molecule has 0 aliphatic carbocycles. The molecule has 0 aliphatic rings. The second-order valence-electron chi connectivity index (χ2n) is 2.06. The van der Waals surface area contributed by atoms with Crippen LogP contribution >= 0.6 is 15.2 Å². The Morgan fingerprint density at radius 3 is 1.17 bits per heavy atom. The summed E-state index contributed by atoms with van der Waals surface area (Å²) in [7, 11) is -10.4. The first-order chi connectivity index (χ1) is 4.50. The van der Waals surface area contributed by atoms with E-state index in [9.17, 15) is 9.13 Å². The van der Waals surface area contributed by atoms with E-state index in [0.29, 0.717) is 6.92 Å². The molecule has 0 bridgehead atoms. The number of hydrogen-bond acceptors (Lipinski definition) is 3. The molecule has 0 amide bonds. The van der Waals surface area contributed by atoms with Crippen molar-refractivity contribution in [3.63, 3.8) is 0 Å². The second-order valence-corrected chi connectivity index (χ2v) is 6.33. The van der Waals surface area contributed by atoms with Gasteiger partial charge in [-0.25, -0.2) is 0 Å². The van der Waals surface area contributed by atoms with E-state index in [1.165, 1.54) is 0 Å². The van der Waals surface area contributed by atoms with Gasteiger partial charge in [-0.2, -0.15) is 0 Å². The van der Waals surface area contributed by atoms with Gasteiger partial charge in [0.05, 0.1) is 0 Å². The van der Waals surface area contributed by atoms with E-state index in [1.54, 1.807) is 0 Å². The minimum absolute atomic E-state index is 0. The SMILES string of the molecule is CC(O)(P(=O)(O)O)P(=O)(O)O.[BaH2]. The molecule has 0 unspecified atom stereocenters. The van der Waals surface area contributed by atoms with Crippen molar-refractivity contribution in [2.24, 2.45) is 0 Å². The fourth-order valence-electron chi connectivity index (χ4n) is 0.170. The van der Waals surface area contributed by atoms with Gasteiger partial charge in [0.25, 0.3) is 5.08 Å². The molecular weight excluding hydrogens is 335 g/mol. The molecule has 0 radical (unpaired) electrons. The summed E-state index contributed by atoms with van der Waals surface area (Å²) >= 11 is 0. The van der Waals surface area contributed by atoms with Crippen molar-refractivity contribution in [2.75, 3.05) is 0 Å². The van der Waals surface area contributed by atoms with Crippen LogP contribution in [0.2, 0.25) is 0 Å². The van der Waals surface area contributed by atoms with E-state index < -0.39 is 20.3 Å². The Kier molecular flexibility index (Phi) is 6.19. The van der Waals surface area contributed by atoms with Crippen LogP contribution in [0.5, 0.6) is 0 Å². The molecule has 0 aromatic carbocycles. The van der Waals surface area contributed by atoms with Crippen molar-refractivity contribution < 1.29 is 33.8 Å². The summed E-state index contributed by atoms with van der Waals surface area (Å²) in [6.07, 6.45) is 0. The molecule has 0 fully saturated rings.